The first kappa shape index (κ1) is 19.8. The van der Waals surface area contributed by atoms with Gasteiger partial charge >= 0.3 is 5.97 Å². The number of hydrogen-bond donors (Lipinski definition) is 2. The number of hydrogen-bond acceptors (Lipinski definition) is 3. The average Bonchev–Trinajstić information content (AvgIpc) is 3.53. The van der Waals surface area contributed by atoms with Crippen LogP contribution in [0, 0.1) is 0 Å². The van der Waals surface area contributed by atoms with E-state index in [2.05, 4.69) is 25.8 Å². The Kier molecular flexibility index (Phi) is 5.19. The third kappa shape index (κ3) is 3.59. The topological polar surface area (TPSA) is 70.4 Å². The zero-order chi connectivity index (χ0) is 21.4. The molecule has 158 valence electrons. The minimum absolute atomic E-state index is 0.0333. The molecule has 5 rings (SSSR count). The Hall–Kier alpha value is -3.19. The molecule has 1 saturated heterocycles. The Balaban J connectivity index is 1.62. The Morgan fingerprint density at radius 1 is 1.10 bits per heavy atom. The lowest BCUT2D eigenvalue weighted by Crippen LogP contribution is -2.38. The van der Waals surface area contributed by atoms with Crippen LogP contribution in [-0.2, 0) is 0 Å². The van der Waals surface area contributed by atoms with Crippen LogP contribution in [0.3, 0.4) is 0 Å². The maximum absolute atomic E-state index is 11.5. The van der Waals surface area contributed by atoms with E-state index in [9.17, 15) is 9.90 Å². The van der Waals surface area contributed by atoms with Crippen LogP contribution in [0.5, 0.6) is 0 Å². The molecule has 0 bridgehead atoms. The van der Waals surface area contributed by atoms with Crippen molar-refractivity contribution in [2.24, 2.45) is 0 Å². The van der Waals surface area contributed by atoms with Gasteiger partial charge < -0.3 is 19.9 Å². The molecule has 2 N–H and O–H groups in total. The zero-order valence-corrected chi connectivity index (χ0v) is 17.8. The van der Waals surface area contributed by atoms with Gasteiger partial charge in [-0.15, -0.1) is 0 Å². The molecule has 0 amide bonds. The Labute approximate surface area is 186 Å². The number of nitrogens with zero attached hydrogens (tertiary/aromatic N) is 3. The molecular weight excluding hydrogens is 408 g/mol. The van der Waals surface area contributed by atoms with E-state index in [1.54, 1.807) is 18.2 Å². The lowest BCUT2D eigenvalue weighted by Gasteiger charge is -2.33. The fourth-order valence-electron chi connectivity index (χ4n) is 4.92. The van der Waals surface area contributed by atoms with Crippen LogP contribution in [0.4, 0.5) is 0 Å². The molecule has 3 aromatic rings. The molecule has 7 heteroatoms. The molecular formula is C24H24N4O2S. The van der Waals surface area contributed by atoms with Crippen LogP contribution in [0.25, 0.3) is 5.69 Å². The number of nitrogens with one attached hydrogen (secondary N) is 1. The van der Waals surface area contributed by atoms with Gasteiger partial charge in [0.05, 0.1) is 23.3 Å². The van der Waals surface area contributed by atoms with Crippen LogP contribution in [0.15, 0.2) is 67.0 Å². The summed E-state index contributed by atoms with van der Waals surface area (Å²) in [7, 11) is 0. The summed E-state index contributed by atoms with van der Waals surface area (Å²) in [4.78, 5) is 18.5. The van der Waals surface area contributed by atoms with Crippen molar-refractivity contribution < 1.29 is 9.90 Å². The second kappa shape index (κ2) is 8.15. The number of aromatic carboxylic acids is 1. The molecule has 1 aromatic carbocycles. The first-order chi connectivity index (χ1) is 15.1. The number of carbonyl (C=O) groups is 1. The van der Waals surface area contributed by atoms with Gasteiger partial charge in [-0.05, 0) is 67.5 Å². The number of pyridine rings is 1. The van der Waals surface area contributed by atoms with Crippen molar-refractivity contribution in [1.82, 2.24) is 19.8 Å². The van der Waals surface area contributed by atoms with Gasteiger partial charge in [-0.2, -0.15) is 0 Å². The van der Waals surface area contributed by atoms with Crippen molar-refractivity contribution >= 4 is 23.3 Å². The largest absolute Gasteiger partial charge is 0.478 e. The molecule has 2 aliphatic rings. The van der Waals surface area contributed by atoms with E-state index in [1.165, 1.54) is 12.8 Å². The van der Waals surface area contributed by atoms with E-state index in [4.69, 9.17) is 12.2 Å². The summed E-state index contributed by atoms with van der Waals surface area (Å²) >= 11 is 5.82. The summed E-state index contributed by atoms with van der Waals surface area (Å²) in [5.41, 5.74) is 3.11. The summed E-state index contributed by atoms with van der Waals surface area (Å²) in [6.07, 6.45) is 8.48. The van der Waals surface area contributed by atoms with Gasteiger partial charge in [-0.1, -0.05) is 25.0 Å². The van der Waals surface area contributed by atoms with Crippen molar-refractivity contribution in [2.75, 3.05) is 0 Å². The lowest BCUT2D eigenvalue weighted by atomic mass is 9.99. The second-order valence-corrected chi connectivity index (χ2v) is 8.52. The molecule has 1 aliphatic heterocycles. The van der Waals surface area contributed by atoms with Crippen LogP contribution in [-0.4, -0.2) is 36.7 Å². The van der Waals surface area contributed by atoms with Gasteiger partial charge in [0.1, 0.15) is 0 Å². The average molecular weight is 433 g/mol. The Bertz CT molecular complexity index is 1110. The van der Waals surface area contributed by atoms with E-state index in [-0.39, 0.29) is 17.6 Å². The minimum atomic E-state index is -0.932. The van der Waals surface area contributed by atoms with Gasteiger partial charge in [0.15, 0.2) is 5.11 Å². The summed E-state index contributed by atoms with van der Waals surface area (Å²) in [6.45, 7) is 0. The van der Waals surface area contributed by atoms with Gasteiger partial charge in [-0.3, -0.25) is 4.98 Å². The van der Waals surface area contributed by atoms with Crippen molar-refractivity contribution in [3.63, 3.8) is 0 Å². The predicted octanol–water partition coefficient (Wildman–Crippen LogP) is 4.49. The zero-order valence-electron chi connectivity index (χ0n) is 17.0. The van der Waals surface area contributed by atoms with E-state index in [0.29, 0.717) is 6.04 Å². The molecule has 2 fully saturated rings. The fourth-order valence-corrected chi connectivity index (χ4v) is 5.31. The highest BCUT2D eigenvalue weighted by Gasteiger charge is 2.44. The lowest BCUT2D eigenvalue weighted by molar-refractivity contribution is 0.0697. The number of carboxylic acid groups (broad SMARTS) is 1. The molecule has 6 nitrogen and oxygen atoms in total. The number of benzene rings is 1. The summed E-state index contributed by atoms with van der Waals surface area (Å²) in [5, 5.41) is 13.7. The maximum atomic E-state index is 11.5. The van der Waals surface area contributed by atoms with Crippen molar-refractivity contribution in [2.45, 2.75) is 43.8 Å². The molecule has 0 unspecified atom stereocenters. The summed E-state index contributed by atoms with van der Waals surface area (Å²) in [6, 6.07) is 17.4. The first-order valence-electron chi connectivity index (χ1n) is 10.6. The Morgan fingerprint density at radius 2 is 1.94 bits per heavy atom. The van der Waals surface area contributed by atoms with Gasteiger partial charge in [0, 0.05) is 29.8 Å². The molecule has 3 heterocycles. The second-order valence-electron chi connectivity index (χ2n) is 8.13. The van der Waals surface area contributed by atoms with Crippen molar-refractivity contribution in [1.29, 1.82) is 0 Å². The van der Waals surface area contributed by atoms with Gasteiger partial charge in [0.2, 0.25) is 0 Å². The van der Waals surface area contributed by atoms with Gasteiger partial charge in [-0.25, -0.2) is 4.79 Å². The SMILES string of the molecule is O=C(O)c1cccc(-n2cccc2[C@@H]2[C@@H](c3ccccn3)NC(=S)N2C2CCCC2)c1. The fraction of sp³-hybridized carbons (Fsp3) is 0.292. The number of rotatable bonds is 5. The number of thiocarbonyl (C=S) groups is 1. The highest BCUT2D eigenvalue weighted by atomic mass is 32.1. The Morgan fingerprint density at radius 3 is 2.68 bits per heavy atom. The van der Waals surface area contributed by atoms with Crippen molar-refractivity contribution in [3.05, 3.63) is 83.9 Å². The van der Waals surface area contributed by atoms with Crippen LogP contribution in [0.1, 0.15) is 59.5 Å². The summed E-state index contributed by atoms with van der Waals surface area (Å²) in [5.74, 6) is -0.932. The third-order valence-electron chi connectivity index (χ3n) is 6.31. The smallest absolute Gasteiger partial charge is 0.335 e. The maximum Gasteiger partial charge on any atom is 0.335 e. The van der Waals surface area contributed by atoms with Crippen LogP contribution < -0.4 is 5.32 Å². The molecule has 31 heavy (non-hydrogen) atoms. The highest BCUT2D eigenvalue weighted by Crippen LogP contribution is 2.43. The molecule has 1 saturated carbocycles. The van der Waals surface area contributed by atoms with Crippen LogP contribution >= 0.6 is 12.2 Å². The number of carboxylic acids is 1. The highest BCUT2D eigenvalue weighted by molar-refractivity contribution is 7.80. The minimum Gasteiger partial charge on any atom is -0.478 e. The molecule has 2 atom stereocenters. The molecule has 2 aromatic heterocycles. The third-order valence-corrected chi connectivity index (χ3v) is 6.64. The van der Waals surface area contributed by atoms with E-state index >= 15 is 0 Å². The molecule has 0 radical (unpaired) electrons. The van der Waals surface area contributed by atoms with Crippen LogP contribution in [0.2, 0.25) is 0 Å². The van der Waals surface area contributed by atoms with E-state index in [0.717, 1.165) is 35.0 Å². The quantitative estimate of drug-likeness (QED) is 0.579. The predicted molar refractivity (Wildman–Crippen MR) is 122 cm³/mol. The first-order valence-corrected chi connectivity index (χ1v) is 11.0. The monoisotopic (exact) mass is 432 g/mol. The normalized spacial score (nSPS) is 21.4. The standard InChI is InChI=1S/C24H24N4O2S/c29-23(30)16-7-5-10-18(15-16)27-14-6-12-20(27)22-21(19-11-3-4-13-25-19)26-24(31)28(22)17-8-1-2-9-17/h3-7,10-15,17,21-22H,1-2,8-9H2,(H,26,31)(H,29,30)/t21-,22-/m1/s1. The van der Waals surface area contributed by atoms with E-state index in [1.807, 2.05) is 42.7 Å². The van der Waals surface area contributed by atoms with E-state index < -0.39 is 5.97 Å². The molecule has 1 aliphatic carbocycles. The van der Waals surface area contributed by atoms with Crippen molar-refractivity contribution in [3.8, 4) is 5.69 Å². The van der Waals surface area contributed by atoms with Gasteiger partial charge in [0.25, 0.3) is 0 Å². The molecule has 0 spiro atoms. The number of aromatic nitrogens is 2. The summed E-state index contributed by atoms with van der Waals surface area (Å²) < 4.78 is 2.07.